The summed E-state index contributed by atoms with van der Waals surface area (Å²) in [5.41, 5.74) is 6.15. The number of thiazole rings is 1. The Bertz CT molecular complexity index is 603. The Kier molecular flexibility index (Phi) is 3.84. The first-order valence-electron chi connectivity index (χ1n) is 5.94. The number of rotatable bonds is 4. The zero-order chi connectivity index (χ0) is 14.0. The van der Waals surface area contributed by atoms with E-state index in [9.17, 15) is 4.79 Å². The predicted molar refractivity (Wildman–Crippen MR) is 73.3 cm³/mol. The maximum atomic E-state index is 11.7. The average molecular weight is 280 g/mol. The van der Waals surface area contributed by atoms with Crippen LogP contribution in [0.3, 0.4) is 0 Å². The van der Waals surface area contributed by atoms with Gasteiger partial charge in [-0.15, -0.1) is 11.3 Å². The summed E-state index contributed by atoms with van der Waals surface area (Å²) in [6.07, 6.45) is 1.81. The van der Waals surface area contributed by atoms with Crippen molar-refractivity contribution in [2.24, 2.45) is 0 Å². The van der Waals surface area contributed by atoms with Crippen molar-refractivity contribution >= 4 is 23.1 Å². The molecular formula is C12H16N4O2S. The Morgan fingerprint density at radius 3 is 2.84 bits per heavy atom. The van der Waals surface area contributed by atoms with Crippen molar-refractivity contribution in [1.82, 2.24) is 14.5 Å². The molecule has 0 fully saturated rings. The third kappa shape index (κ3) is 2.76. The van der Waals surface area contributed by atoms with Crippen molar-refractivity contribution < 1.29 is 9.53 Å². The zero-order valence-electron chi connectivity index (χ0n) is 11.1. The minimum Gasteiger partial charge on any atom is -0.461 e. The highest BCUT2D eigenvalue weighted by atomic mass is 32.1. The number of aromatic nitrogens is 3. The minimum atomic E-state index is -0.484. The molecule has 2 heterocycles. The molecule has 0 spiro atoms. The monoisotopic (exact) mass is 280 g/mol. The van der Waals surface area contributed by atoms with Crippen molar-refractivity contribution in [2.45, 2.75) is 27.3 Å². The van der Waals surface area contributed by atoms with Crippen LogP contribution in [0.25, 0.3) is 0 Å². The van der Waals surface area contributed by atoms with Gasteiger partial charge in [-0.2, -0.15) is 0 Å². The fourth-order valence-corrected chi connectivity index (χ4v) is 2.55. The van der Waals surface area contributed by atoms with Crippen molar-refractivity contribution in [2.75, 3.05) is 12.3 Å². The van der Waals surface area contributed by atoms with Gasteiger partial charge in [0.15, 0.2) is 5.69 Å². The van der Waals surface area contributed by atoms with Crippen LogP contribution in [0, 0.1) is 13.8 Å². The number of imidazole rings is 1. The third-order valence-electron chi connectivity index (χ3n) is 2.65. The lowest BCUT2D eigenvalue weighted by atomic mass is 10.4. The number of anilines is 1. The van der Waals surface area contributed by atoms with Crippen LogP contribution in [0.15, 0.2) is 6.20 Å². The van der Waals surface area contributed by atoms with E-state index in [1.165, 1.54) is 0 Å². The second-order valence-electron chi connectivity index (χ2n) is 4.05. The number of nitrogens with two attached hydrogens (primary N) is 1. The summed E-state index contributed by atoms with van der Waals surface area (Å²) in [5, 5.41) is 0.997. The summed E-state index contributed by atoms with van der Waals surface area (Å²) >= 11 is 1.60. The molecule has 0 atom stereocenters. The van der Waals surface area contributed by atoms with Crippen molar-refractivity contribution in [3.8, 4) is 0 Å². The van der Waals surface area contributed by atoms with Crippen LogP contribution in [0.5, 0.6) is 0 Å². The molecule has 2 rings (SSSR count). The number of nitrogen functional groups attached to an aromatic ring is 1. The Morgan fingerprint density at radius 1 is 1.53 bits per heavy atom. The Balaban J connectivity index is 2.29. The minimum absolute atomic E-state index is 0.181. The normalized spacial score (nSPS) is 10.7. The quantitative estimate of drug-likeness (QED) is 0.863. The van der Waals surface area contributed by atoms with Gasteiger partial charge in [0.25, 0.3) is 0 Å². The van der Waals surface area contributed by atoms with Crippen LogP contribution in [-0.2, 0) is 11.3 Å². The van der Waals surface area contributed by atoms with Gasteiger partial charge in [0.2, 0.25) is 0 Å². The fraction of sp³-hybridized carbons (Fsp3) is 0.417. The van der Waals surface area contributed by atoms with Gasteiger partial charge in [-0.3, -0.25) is 0 Å². The standard InChI is InChI=1S/C12H16N4O2S/c1-4-18-12(17)10-11(13)16(7(2)15-10)6-9-5-14-8(3)19-9/h5H,4,6,13H2,1-3H3. The van der Waals surface area contributed by atoms with Gasteiger partial charge in [-0.1, -0.05) is 0 Å². The molecule has 0 aliphatic carbocycles. The SMILES string of the molecule is CCOC(=O)c1nc(C)n(Cc2cnc(C)s2)c1N. The molecule has 0 aromatic carbocycles. The largest absolute Gasteiger partial charge is 0.461 e. The van der Waals surface area contributed by atoms with E-state index in [0.717, 1.165) is 9.88 Å². The molecule has 0 amide bonds. The third-order valence-corrected chi connectivity index (χ3v) is 3.55. The zero-order valence-corrected chi connectivity index (χ0v) is 12.0. The molecule has 2 N–H and O–H groups in total. The molecule has 0 aliphatic heterocycles. The number of hydrogen-bond acceptors (Lipinski definition) is 6. The summed E-state index contributed by atoms with van der Waals surface area (Å²) in [6.45, 7) is 6.38. The lowest BCUT2D eigenvalue weighted by molar-refractivity contribution is 0.0521. The number of hydrogen-bond donors (Lipinski definition) is 1. The molecule has 7 heteroatoms. The molecule has 0 unspecified atom stereocenters. The van der Waals surface area contributed by atoms with E-state index in [1.807, 2.05) is 20.0 Å². The van der Waals surface area contributed by atoms with Gasteiger partial charge in [-0.05, 0) is 20.8 Å². The Labute approximate surface area is 115 Å². The summed E-state index contributed by atoms with van der Waals surface area (Å²) < 4.78 is 6.72. The van der Waals surface area contributed by atoms with Crippen LogP contribution < -0.4 is 5.73 Å². The predicted octanol–water partition coefficient (Wildman–Crippen LogP) is 1.76. The summed E-state index contributed by atoms with van der Waals surface area (Å²) in [6, 6.07) is 0. The summed E-state index contributed by atoms with van der Waals surface area (Å²) in [5.74, 6) is 0.538. The highest BCUT2D eigenvalue weighted by molar-refractivity contribution is 7.11. The maximum Gasteiger partial charge on any atom is 0.360 e. The number of carbonyl (C=O) groups is 1. The van der Waals surface area contributed by atoms with Crippen LogP contribution in [-0.4, -0.2) is 27.1 Å². The molecule has 0 bridgehead atoms. The Hall–Kier alpha value is -1.89. The smallest absolute Gasteiger partial charge is 0.360 e. The molecular weight excluding hydrogens is 264 g/mol. The van der Waals surface area contributed by atoms with E-state index in [2.05, 4.69) is 9.97 Å². The number of aryl methyl sites for hydroxylation is 2. The number of nitrogens with zero attached hydrogens (tertiary/aromatic N) is 3. The summed E-state index contributed by atoms with van der Waals surface area (Å²) in [7, 11) is 0. The highest BCUT2D eigenvalue weighted by Gasteiger charge is 2.20. The fourth-order valence-electron chi connectivity index (χ4n) is 1.77. The van der Waals surface area contributed by atoms with E-state index in [0.29, 0.717) is 24.8 Å². The van der Waals surface area contributed by atoms with Gasteiger partial charge < -0.3 is 15.0 Å². The number of ether oxygens (including phenoxy) is 1. The molecule has 0 saturated carbocycles. The van der Waals surface area contributed by atoms with Crippen LogP contribution >= 0.6 is 11.3 Å². The molecule has 0 radical (unpaired) electrons. The Morgan fingerprint density at radius 2 is 2.26 bits per heavy atom. The molecule has 102 valence electrons. The number of esters is 1. The van der Waals surface area contributed by atoms with Crippen LogP contribution in [0.4, 0.5) is 5.82 Å². The van der Waals surface area contributed by atoms with E-state index in [-0.39, 0.29) is 5.69 Å². The highest BCUT2D eigenvalue weighted by Crippen LogP contribution is 2.20. The second-order valence-corrected chi connectivity index (χ2v) is 5.36. The molecule has 2 aromatic rings. The topological polar surface area (TPSA) is 83.0 Å². The number of carbonyl (C=O) groups excluding carboxylic acids is 1. The first-order valence-corrected chi connectivity index (χ1v) is 6.75. The lowest BCUT2D eigenvalue weighted by Gasteiger charge is -2.05. The van der Waals surface area contributed by atoms with Crippen LogP contribution in [0.1, 0.15) is 33.1 Å². The molecule has 2 aromatic heterocycles. The van der Waals surface area contributed by atoms with Crippen molar-refractivity contribution in [3.63, 3.8) is 0 Å². The van der Waals surface area contributed by atoms with Gasteiger partial charge in [0.1, 0.15) is 11.6 Å². The van der Waals surface area contributed by atoms with E-state index in [1.54, 1.807) is 22.8 Å². The molecule has 6 nitrogen and oxygen atoms in total. The average Bonchev–Trinajstić information content (AvgIpc) is 2.88. The van der Waals surface area contributed by atoms with Crippen LogP contribution in [0.2, 0.25) is 0 Å². The lowest BCUT2D eigenvalue weighted by Crippen LogP contribution is -2.10. The van der Waals surface area contributed by atoms with Gasteiger partial charge in [-0.25, -0.2) is 14.8 Å². The van der Waals surface area contributed by atoms with Crippen molar-refractivity contribution in [3.05, 3.63) is 27.6 Å². The van der Waals surface area contributed by atoms with Gasteiger partial charge in [0, 0.05) is 11.1 Å². The first-order chi connectivity index (χ1) is 9.02. The second kappa shape index (κ2) is 5.40. The van der Waals surface area contributed by atoms with Gasteiger partial charge in [0.05, 0.1) is 18.2 Å². The van der Waals surface area contributed by atoms with Gasteiger partial charge >= 0.3 is 5.97 Å². The maximum absolute atomic E-state index is 11.7. The first kappa shape index (κ1) is 13.5. The summed E-state index contributed by atoms with van der Waals surface area (Å²) in [4.78, 5) is 21.1. The molecule has 0 aliphatic rings. The molecule has 19 heavy (non-hydrogen) atoms. The molecule has 0 saturated heterocycles. The van der Waals surface area contributed by atoms with E-state index in [4.69, 9.17) is 10.5 Å². The van der Waals surface area contributed by atoms with E-state index < -0.39 is 5.97 Å². The van der Waals surface area contributed by atoms with Crippen molar-refractivity contribution in [1.29, 1.82) is 0 Å². The van der Waals surface area contributed by atoms with E-state index >= 15 is 0 Å².